The van der Waals surface area contributed by atoms with Crippen LogP contribution in [0.5, 0.6) is 0 Å². The van der Waals surface area contributed by atoms with Gasteiger partial charge in [0, 0.05) is 17.1 Å². The predicted molar refractivity (Wildman–Crippen MR) is 84.0 cm³/mol. The minimum absolute atomic E-state index is 0.0281. The Morgan fingerprint density at radius 1 is 1.40 bits per heavy atom. The highest BCUT2D eigenvalue weighted by atomic mass is 35.5. The van der Waals surface area contributed by atoms with Crippen molar-refractivity contribution in [1.82, 2.24) is 4.90 Å². The van der Waals surface area contributed by atoms with Gasteiger partial charge < -0.3 is 11.1 Å². The number of nitrogens with zero attached hydrogens (tertiary/aromatic N) is 1. The quantitative estimate of drug-likeness (QED) is 0.842. The molecule has 110 valence electrons. The van der Waals surface area contributed by atoms with E-state index in [2.05, 4.69) is 24.1 Å². The van der Waals surface area contributed by atoms with Crippen molar-refractivity contribution in [1.29, 1.82) is 0 Å². The van der Waals surface area contributed by atoms with Gasteiger partial charge in [0.05, 0.1) is 17.9 Å². The largest absolute Gasteiger partial charge is 0.397 e. The van der Waals surface area contributed by atoms with E-state index in [-0.39, 0.29) is 5.91 Å². The molecule has 0 saturated carbocycles. The fraction of sp³-hybridized carbons (Fsp3) is 0.533. The van der Waals surface area contributed by atoms with Gasteiger partial charge in [0.1, 0.15) is 0 Å². The monoisotopic (exact) mass is 295 g/mol. The van der Waals surface area contributed by atoms with Gasteiger partial charge >= 0.3 is 0 Å². The maximum absolute atomic E-state index is 12.2. The molecule has 1 heterocycles. The standard InChI is InChI=1S/C15H22ClN3O/c1-10-4-3-5-11(2)19(10)9-15(20)18-14-7-6-12(16)8-13(14)17/h6-8,10-11H,3-5,9,17H2,1-2H3,(H,18,20)/t10-,11+. The maximum Gasteiger partial charge on any atom is 0.238 e. The molecule has 20 heavy (non-hydrogen) atoms. The van der Waals surface area contributed by atoms with Gasteiger partial charge in [-0.25, -0.2) is 0 Å². The zero-order valence-corrected chi connectivity index (χ0v) is 12.8. The highest BCUT2D eigenvalue weighted by molar-refractivity contribution is 6.31. The topological polar surface area (TPSA) is 58.4 Å². The van der Waals surface area contributed by atoms with Crippen LogP contribution in [-0.4, -0.2) is 29.4 Å². The average molecular weight is 296 g/mol. The molecule has 0 aromatic heterocycles. The fourth-order valence-electron chi connectivity index (χ4n) is 2.79. The van der Waals surface area contributed by atoms with Crippen LogP contribution in [0, 0.1) is 0 Å². The predicted octanol–water partition coefficient (Wildman–Crippen LogP) is 3.12. The van der Waals surface area contributed by atoms with Crippen molar-refractivity contribution in [2.24, 2.45) is 0 Å². The Kier molecular flexibility index (Phi) is 4.89. The van der Waals surface area contributed by atoms with Crippen molar-refractivity contribution in [3.05, 3.63) is 23.2 Å². The van der Waals surface area contributed by atoms with Gasteiger partial charge in [-0.05, 0) is 44.9 Å². The second kappa shape index (κ2) is 6.46. The van der Waals surface area contributed by atoms with Crippen molar-refractivity contribution < 1.29 is 4.79 Å². The summed E-state index contributed by atoms with van der Waals surface area (Å²) in [7, 11) is 0. The number of likely N-dealkylation sites (tertiary alicyclic amines) is 1. The Morgan fingerprint density at radius 3 is 2.65 bits per heavy atom. The first-order valence-electron chi connectivity index (χ1n) is 7.08. The summed E-state index contributed by atoms with van der Waals surface area (Å²) in [6.07, 6.45) is 3.55. The smallest absolute Gasteiger partial charge is 0.238 e. The lowest BCUT2D eigenvalue weighted by Crippen LogP contribution is -2.47. The van der Waals surface area contributed by atoms with Crippen molar-refractivity contribution >= 4 is 28.9 Å². The number of hydrogen-bond donors (Lipinski definition) is 2. The van der Waals surface area contributed by atoms with E-state index < -0.39 is 0 Å². The molecule has 5 heteroatoms. The van der Waals surface area contributed by atoms with Crippen LogP contribution in [0.4, 0.5) is 11.4 Å². The van der Waals surface area contributed by atoms with Crippen molar-refractivity contribution in [2.75, 3.05) is 17.6 Å². The van der Waals surface area contributed by atoms with E-state index in [9.17, 15) is 4.79 Å². The number of carbonyl (C=O) groups is 1. The summed E-state index contributed by atoms with van der Waals surface area (Å²) in [5.41, 5.74) is 6.96. The third kappa shape index (κ3) is 3.64. The molecular weight excluding hydrogens is 274 g/mol. The van der Waals surface area contributed by atoms with Crippen LogP contribution < -0.4 is 11.1 Å². The Morgan fingerprint density at radius 2 is 2.05 bits per heavy atom. The lowest BCUT2D eigenvalue weighted by atomic mass is 9.97. The first kappa shape index (κ1) is 15.1. The molecule has 0 spiro atoms. The van der Waals surface area contributed by atoms with Gasteiger partial charge in [-0.1, -0.05) is 18.0 Å². The lowest BCUT2D eigenvalue weighted by molar-refractivity contribution is -0.118. The Bertz CT molecular complexity index is 482. The van der Waals surface area contributed by atoms with E-state index in [4.69, 9.17) is 17.3 Å². The molecule has 4 nitrogen and oxygen atoms in total. The van der Waals surface area contributed by atoms with Crippen LogP contribution in [0.3, 0.4) is 0 Å². The van der Waals surface area contributed by atoms with Crippen LogP contribution >= 0.6 is 11.6 Å². The number of nitrogens with two attached hydrogens (primary N) is 1. The molecular formula is C15H22ClN3O. The summed E-state index contributed by atoms with van der Waals surface area (Å²) in [5, 5.41) is 3.43. The molecule has 1 fully saturated rings. The summed E-state index contributed by atoms with van der Waals surface area (Å²) in [5.74, 6) is -0.0281. The van der Waals surface area contributed by atoms with Crippen molar-refractivity contribution in [2.45, 2.75) is 45.2 Å². The second-order valence-corrected chi connectivity index (χ2v) is 6.02. The summed E-state index contributed by atoms with van der Waals surface area (Å²) < 4.78 is 0. The van der Waals surface area contributed by atoms with E-state index in [0.29, 0.717) is 35.0 Å². The fourth-order valence-corrected chi connectivity index (χ4v) is 2.97. The van der Waals surface area contributed by atoms with E-state index in [0.717, 1.165) is 12.8 Å². The summed E-state index contributed by atoms with van der Waals surface area (Å²) >= 11 is 5.85. The molecule has 2 atom stereocenters. The Balaban J connectivity index is 1.98. The number of benzene rings is 1. The number of carbonyl (C=O) groups excluding carboxylic acids is 1. The number of anilines is 2. The number of nitrogen functional groups attached to an aromatic ring is 1. The third-order valence-corrected chi connectivity index (χ3v) is 4.23. The van der Waals surface area contributed by atoms with Gasteiger partial charge in [-0.15, -0.1) is 0 Å². The van der Waals surface area contributed by atoms with Gasteiger partial charge in [-0.3, -0.25) is 9.69 Å². The Labute approximate surface area is 125 Å². The number of amides is 1. The number of piperidine rings is 1. The summed E-state index contributed by atoms with van der Waals surface area (Å²) in [4.78, 5) is 14.4. The molecule has 0 radical (unpaired) electrons. The van der Waals surface area contributed by atoms with Crippen LogP contribution in [-0.2, 0) is 4.79 Å². The second-order valence-electron chi connectivity index (χ2n) is 5.58. The molecule has 0 bridgehead atoms. The SMILES string of the molecule is C[C@@H]1CCC[C@H](C)N1CC(=O)Nc1ccc(Cl)cc1N. The number of nitrogens with one attached hydrogen (secondary N) is 1. The highest BCUT2D eigenvalue weighted by Crippen LogP contribution is 2.24. The van der Waals surface area contributed by atoms with E-state index in [1.54, 1.807) is 18.2 Å². The van der Waals surface area contributed by atoms with Crippen LogP contribution in [0.15, 0.2) is 18.2 Å². The third-order valence-electron chi connectivity index (χ3n) is 3.99. The molecule has 3 N–H and O–H groups in total. The normalized spacial score (nSPS) is 23.6. The first-order chi connectivity index (χ1) is 9.47. The maximum atomic E-state index is 12.2. The molecule has 0 aliphatic carbocycles. The highest BCUT2D eigenvalue weighted by Gasteiger charge is 2.26. The summed E-state index contributed by atoms with van der Waals surface area (Å²) in [6, 6.07) is 6.00. The number of rotatable bonds is 3. The molecule has 1 saturated heterocycles. The summed E-state index contributed by atoms with van der Waals surface area (Å²) in [6.45, 7) is 4.77. The van der Waals surface area contributed by atoms with E-state index >= 15 is 0 Å². The molecule has 2 rings (SSSR count). The van der Waals surface area contributed by atoms with Gasteiger partial charge in [0.2, 0.25) is 5.91 Å². The van der Waals surface area contributed by atoms with Gasteiger partial charge in [0.15, 0.2) is 0 Å². The zero-order chi connectivity index (χ0) is 14.7. The molecule has 1 aromatic carbocycles. The minimum atomic E-state index is -0.0281. The van der Waals surface area contributed by atoms with Gasteiger partial charge in [0.25, 0.3) is 0 Å². The van der Waals surface area contributed by atoms with E-state index in [1.807, 2.05) is 0 Å². The minimum Gasteiger partial charge on any atom is -0.397 e. The number of hydrogen-bond acceptors (Lipinski definition) is 3. The molecule has 1 aromatic rings. The van der Waals surface area contributed by atoms with Gasteiger partial charge in [-0.2, -0.15) is 0 Å². The molecule has 1 aliphatic rings. The average Bonchev–Trinajstić information content (AvgIpc) is 2.37. The molecule has 0 unspecified atom stereocenters. The first-order valence-corrected chi connectivity index (χ1v) is 7.46. The van der Waals surface area contributed by atoms with Crippen molar-refractivity contribution in [3.8, 4) is 0 Å². The van der Waals surface area contributed by atoms with Crippen LogP contribution in [0.25, 0.3) is 0 Å². The van der Waals surface area contributed by atoms with Crippen LogP contribution in [0.2, 0.25) is 5.02 Å². The molecule has 1 aliphatic heterocycles. The van der Waals surface area contributed by atoms with Crippen molar-refractivity contribution in [3.63, 3.8) is 0 Å². The molecule has 1 amide bonds. The van der Waals surface area contributed by atoms with Crippen LogP contribution in [0.1, 0.15) is 33.1 Å². The van der Waals surface area contributed by atoms with E-state index in [1.165, 1.54) is 6.42 Å². The lowest BCUT2D eigenvalue weighted by Gasteiger charge is -2.38. The Hall–Kier alpha value is -1.26. The number of halogens is 1. The zero-order valence-electron chi connectivity index (χ0n) is 12.0.